The summed E-state index contributed by atoms with van der Waals surface area (Å²) < 4.78 is 10.6. The summed E-state index contributed by atoms with van der Waals surface area (Å²) in [7, 11) is 3.36. The molecule has 3 nitrogen and oxygen atoms in total. The quantitative estimate of drug-likeness (QED) is 0.721. The lowest BCUT2D eigenvalue weighted by molar-refractivity contribution is 0.354. The van der Waals surface area contributed by atoms with Crippen LogP contribution in [0.1, 0.15) is 30.9 Å². The van der Waals surface area contributed by atoms with Gasteiger partial charge >= 0.3 is 0 Å². The third kappa shape index (κ3) is 4.22. The molecular weight excluding hydrogens is 226 g/mol. The molecule has 0 unspecified atom stereocenters. The van der Waals surface area contributed by atoms with Crippen molar-refractivity contribution in [3.8, 4) is 11.5 Å². The summed E-state index contributed by atoms with van der Waals surface area (Å²) in [4.78, 5) is 0. The number of aryl methyl sites for hydroxylation is 2. The highest BCUT2D eigenvalue weighted by molar-refractivity contribution is 5.47. The first-order valence-electron chi connectivity index (χ1n) is 6.65. The van der Waals surface area contributed by atoms with Crippen molar-refractivity contribution < 1.29 is 9.47 Å². The van der Waals surface area contributed by atoms with Gasteiger partial charge < -0.3 is 14.8 Å². The zero-order valence-electron chi connectivity index (χ0n) is 12.0. The third-order valence-electron chi connectivity index (χ3n) is 3.14. The lowest BCUT2D eigenvalue weighted by atomic mass is 10.0. The number of unbranched alkanes of at least 4 members (excludes halogenated alkanes) is 1. The maximum Gasteiger partial charge on any atom is 0.161 e. The molecule has 102 valence electrons. The summed E-state index contributed by atoms with van der Waals surface area (Å²) >= 11 is 0. The van der Waals surface area contributed by atoms with Gasteiger partial charge in [-0.3, -0.25) is 0 Å². The lowest BCUT2D eigenvalue weighted by Gasteiger charge is -2.12. The van der Waals surface area contributed by atoms with Crippen molar-refractivity contribution in [2.24, 2.45) is 0 Å². The topological polar surface area (TPSA) is 30.5 Å². The van der Waals surface area contributed by atoms with E-state index in [1.807, 2.05) is 0 Å². The molecule has 0 aromatic heterocycles. The molecule has 0 fully saturated rings. The molecule has 0 saturated heterocycles. The predicted molar refractivity (Wildman–Crippen MR) is 75.8 cm³/mol. The van der Waals surface area contributed by atoms with Gasteiger partial charge in [-0.15, -0.1) is 0 Å². The molecule has 0 atom stereocenters. The number of methoxy groups -OCH3 is 2. The standard InChI is InChI=1S/C15H25NO2/c1-5-16-9-7-6-8-13-11-15(18-4)14(17-3)10-12(13)2/h10-11,16H,5-9H2,1-4H3. The number of ether oxygens (including phenoxy) is 2. The second kappa shape index (κ2) is 7.98. The minimum atomic E-state index is 0.811. The van der Waals surface area contributed by atoms with Gasteiger partial charge in [0.2, 0.25) is 0 Å². The van der Waals surface area contributed by atoms with E-state index in [0.29, 0.717) is 0 Å². The van der Waals surface area contributed by atoms with Gasteiger partial charge in [-0.05, 0) is 62.5 Å². The number of hydrogen-bond acceptors (Lipinski definition) is 3. The SMILES string of the molecule is CCNCCCCc1cc(OC)c(OC)cc1C. The van der Waals surface area contributed by atoms with Gasteiger partial charge in [-0.1, -0.05) is 6.92 Å². The molecule has 0 amide bonds. The Kier molecular flexibility index (Phi) is 6.58. The van der Waals surface area contributed by atoms with Gasteiger partial charge in [0, 0.05) is 0 Å². The molecular formula is C15H25NO2. The Morgan fingerprint density at radius 2 is 1.72 bits per heavy atom. The lowest BCUT2D eigenvalue weighted by Crippen LogP contribution is -2.14. The van der Waals surface area contributed by atoms with Crippen molar-refractivity contribution in [3.05, 3.63) is 23.3 Å². The van der Waals surface area contributed by atoms with E-state index in [2.05, 4.69) is 31.3 Å². The van der Waals surface area contributed by atoms with E-state index in [9.17, 15) is 0 Å². The van der Waals surface area contributed by atoms with Crippen LogP contribution in [-0.2, 0) is 6.42 Å². The van der Waals surface area contributed by atoms with E-state index < -0.39 is 0 Å². The highest BCUT2D eigenvalue weighted by atomic mass is 16.5. The fourth-order valence-corrected chi connectivity index (χ4v) is 2.03. The van der Waals surface area contributed by atoms with Crippen LogP contribution in [0.5, 0.6) is 11.5 Å². The van der Waals surface area contributed by atoms with Gasteiger partial charge in [0.1, 0.15) is 0 Å². The molecule has 1 aromatic carbocycles. The Labute approximate surface area is 110 Å². The highest BCUT2D eigenvalue weighted by Gasteiger charge is 2.08. The molecule has 1 N–H and O–H groups in total. The van der Waals surface area contributed by atoms with E-state index in [1.54, 1.807) is 14.2 Å². The Balaban J connectivity index is 2.59. The Morgan fingerprint density at radius 1 is 1.06 bits per heavy atom. The number of benzene rings is 1. The van der Waals surface area contributed by atoms with Crippen molar-refractivity contribution in [1.82, 2.24) is 5.32 Å². The van der Waals surface area contributed by atoms with E-state index in [4.69, 9.17) is 9.47 Å². The molecule has 18 heavy (non-hydrogen) atoms. The molecule has 0 radical (unpaired) electrons. The van der Waals surface area contributed by atoms with Gasteiger partial charge in [-0.2, -0.15) is 0 Å². The first kappa shape index (κ1) is 14.8. The first-order valence-corrected chi connectivity index (χ1v) is 6.65. The van der Waals surface area contributed by atoms with Crippen molar-refractivity contribution >= 4 is 0 Å². The first-order chi connectivity index (χ1) is 8.72. The predicted octanol–water partition coefficient (Wildman–Crippen LogP) is 2.94. The zero-order chi connectivity index (χ0) is 13.4. The monoisotopic (exact) mass is 251 g/mol. The maximum absolute atomic E-state index is 5.34. The van der Waals surface area contributed by atoms with Crippen LogP contribution in [0.2, 0.25) is 0 Å². The van der Waals surface area contributed by atoms with Crippen LogP contribution in [0, 0.1) is 6.92 Å². The summed E-state index contributed by atoms with van der Waals surface area (Å²) in [5.74, 6) is 1.64. The minimum absolute atomic E-state index is 0.811. The van der Waals surface area contributed by atoms with Crippen molar-refractivity contribution in [3.63, 3.8) is 0 Å². The fraction of sp³-hybridized carbons (Fsp3) is 0.600. The van der Waals surface area contributed by atoms with E-state index in [-0.39, 0.29) is 0 Å². The van der Waals surface area contributed by atoms with Crippen LogP contribution in [0.15, 0.2) is 12.1 Å². The Bertz CT molecular complexity index is 364. The molecule has 0 spiro atoms. The van der Waals surface area contributed by atoms with Crippen molar-refractivity contribution in [2.45, 2.75) is 33.1 Å². The molecule has 0 aliphatic heterocycles. The molecule has 1 rings (SSSR count). The number of rotatable bonds is 8. The van der Waals surface area contributed by atoms with Gasteiger partial charge in [0.15, 0.2) is 11.5 Å². The van der Waals surface area contributed by atoms with Crippen LogP contribution in [0.3, 0.4) is 0 Å². The molecule has 0 saturated carbocycles. The summed E-state index contributed by atoms with van der Waals surface area (Å²) in [6.45, 7) is 6.41. The van der Waals surface area contributed by atoms with E-state index in [0.717, 1.165) is 31.0 Å². The molecule has 0 heterocycles. The third-order valence-corrected chi connectivity index (χ3v) is 3.14. The second-order valence-corrected chi connectivity index (χ2v) is 4.44. The largest absolute Gasteiger partial charge is 0.493 e. The van der Waals surface area contributed by atoms with Crippen LogP contribution >= 0.6 is 0 Å². The Hall–Kier alpha value is -1.22. The molecule has 0 aliphatic rings. The summed E-state index contributed by atoms with van der Waals surface area (Å²) in [6.07, 6.45) is 3.50. The van der Waals surface area contributed by atoms with Crippen LogP contribution in [0.25, 0.3) is 0 Å². The zero-order valence-corrected chi connectivity index (χ0v) is 12.0. The van der Waals surface area contributed by atoms with Crippen molar-refractivity contribution in [1.29, 1.82) is 0 Å². The Morgan fingerprint density at radius 3 is 2.33 bits per heavy atom. The van der Waals surface area contributed by atoms with Gasteiger partial charge in [0.05, 0.1) is 14.2 Å². The van der Waals surface area contributed by atoms with E-state index in [1.165, 1.54) is 24.0 Å². The summed E-state index contributed by atoms with van der Waals surface area (Å²) in [5.41, 5.74) is 2.63. The smallest absolute Gasteiger partial charge is 0.161 e. The van der Waals surface area contributed by atoms with Crippen LogP contribution in [-0.4, -0.2) is 27.3 Å². The molecule has 3 heteroatoms. The fourth-order valence-electron chi connectivity index (χ4n) is 2.03. The normalized spacial score (nSPS) is 10.4. The van der Waals surface area contributed by atoms with E-state index >= 15 is 0 Å². The minimum Gasteiger partial charge on any atom is -0.493 e. The molecule has 0 bridgehead atoms. The number of nitrogens with one attached hydrogen (secondary N) is 1. The number of hydrogen-bond donors (Lipinski definition) is 1. The summed E-state index contributed by atoms with van der Waals surface area (Å²) in [5, 5.41) is 3.35. The molecule has 0 aliphatic carbocycles. The molecule has 1 aromatic rings. The average Bonchev–Trinajstić information content (AvgIpc) is 2.39. The maximum atomic E-state index is 5.34. The average molecular weight is 251 g/mol. The van der Waals surface area contributed by atoms with Gasteiger partial charge in [0.25, 0.3) is 0 Å². The van der Waals surface area contributed by atoms with Crippen molar-refractivity contribution in [2.75, 3.05) is 27.3 Å². The summed E-state index contributed by atoms with van der Waals surface area (Å²) in [6, 6.07) is 4.15. The van der Waals surface area contributed by atoms with Crippen LogP contribution < -0.4 is 14.8 Å². The second-order valence-electron chi connectivity index (χ2n) is 4.44. The van der Waals surface area contributed by atoms with Gasteiger partial charge in [-0.25, -0.2) is 0 Å². The highest BCUT2D eigenvalue weighted by Crippen LogP contribution is 2.30. The van der Waals surface area contributed by atoms with Crippen LogP contribution in [0.4, 0.5) is 0 Å².